The van der Waals surface area contributed by atoms with Crippen LogP contribution in [0.3, 0.4) is 0 Å². The average molecular weight is 181 g/mol. The van der Waals surface area contributed by atoms with Crippen molar-refractivity contribution in [3.63, 3.8) is 0 Å². The third kappa shape index (κ3) is 0.883. The van der Waals surface area contributed by atoms with E-state index in [0.717, 1.165) is 10.9 Å². The van der Waals surface area contributed by atoms with Gasteiger partial charge in [-0.25, -0.2) is 0 Å². The monoisotopic (exact) mass is 180 g/mol. The number of nitrogen functional groups attached to an aromatic ring is 1. The second-order valence-electron chi connectivity index (χ2n) is 2.82. The lowest BCUT2D eigenvalue weighted by Gasteiger charge is -2.00. The van der Waals surface area contributed by atoms with Crippen LogP contribution >= 0.6 is 11.6 Å². The molecule has 0 aliphatic carbocycles. The van der Waals surface area contributed by atoms with Gasteiger partial charge in [0, 0.05) is 24.1 Å². The summed E-state index contributed by atoms with van der Waals surface area (Å²) in [5.74, 6) is 0. The Morgan fingerprint density at radius 1 is 1.33 bits per heavy atom. The minimum atomic E-state index is 0.619. The Morgan fingerprint density at radius 3 is 2.83 bits per heavy atom. The van der Waals surface area contributed by atoms with Gasteiger partial charge in [0.2, 0.25) is 0 Å². The van der Waals surface area contributed by atoms with Crippen LogP contribution < -0.4 is 5.73 Å². The van der Waals surface area contributed by atoms with Gasteiger partial charge < -0.3 is 10.3 Å². The third-order valence-corrected chi connectivity index (χ3v) is 2.39. The van der Waals surface area contributed by atoms with Crippen molar-refractivity contribution in [3.8, 4) is 0 Å². The molecule has 0 bridgehead atoms. The maximum absolute atomic E-state index is 5.86. The molecular weight excluding hydrogens is 172 g/mol. The predicted molar refractivity (Wildman–Crippen MR) is 52.3 cm³/mol. The van der Waals surface area contributed by atoms with Crippen molar-refractivity contribution in [1.29, 1.82) is 0 Å². The predicted octanol–water partition coefficient (Wildman–Crippen LogP) is 2.41. The van der Waals surface area contributed by atoms with Crippen LogP contribution in [0.5, 0.6) is 0 Å². The van der Waals surface area contributed by atoms with Crippen molar-refractivity contribution in [2.75, 3.05) is 5.73 Å². The summed E-state index contributed by atoms with van der Waals surface area (Å²) >= 11 is 5.86. The third-order valence-electron chi connectivity index (χ3n) is 2.06. The number of hydrogen-bond donors (Lipinski definition) is 1. The van der Waals surface area contributed by atoms with E-state index < -0.39 is 0 Å². The first-order valence-corrected chi connectivity index (χ1v) is 4.07. The molecule has 2 rings (SSSR count). The molecule has 0 atom stereocenters. The van der Waals surface area contributed by atoms with Gasteiger partial charge in [-0.05, 0) is 18.2 Å². The summed E-state index contributed by atoms with van der Waals surface area (Å²) < 4.78 is 2.02. The van der Waals surface area contributed by atoms with E-state index in [-0.39, 0.29) is 0 Å². The second kappa shape index (κ2) is 2.42. The van der Waals surface area contributed by atoms with E-state index in [1.54, 1.807) is 0 Å². The zero-order chi connectivity index (χ0) is 8.72. The number of aromatic nitrogens is 1. The maximum atomic E-state index is 5.86. The lowest BCUT2D eigenvalue weighted by Crippen LogP contribution is -1.88. The highest BCUT2D eigenvalue weighted by Gasteiger charge is 2.03. The fourth-order valence-electron chi connectivity index (χ4n) is 1.35. The molecular formula is C9H9ClN2. The lowest BCUT2D eigenvalue weighted by molar-refractivity contribution is 0.969. The van der Waals surface area contributed by atoms with E-state index in [1.165, 1.54) is 0 Å². The highest BCUT2D eigenvalue weighted by molar-refractivity contribution is 6.34. The molecule has 0 saturated heterocycles. The van der Waals surface area contributed by atoms with E-state index in [0.29, 0.717) is 10.7 Å². The van der Waals surface area contributed by atoms with Crippen LogP contribution in [0.1, 0.15) is 0 Å². The standard InChI is InChI=1S/C9H9ClN2/c1-12-5-4-6-8(12)3-2-7(10)9(6)11/h2-5H,11H2,1H3. The summed E-state index contributed by atoms with van der Waals surface area (Å²) in [4.78, 5) is 0. The molecule has 2 aromatic rings. The number of hydrogen-bond acceptors (Lipinski definition) is 1. The summed E-state index contributed by atoms with van der Waals surface area (Å²) in [6.45, 7) is 0. The molecule has 0 saturated carbocycles. The van der Waals surface area contributed by atoms with Gasteiger partial charge in [0.25, 0.3) is 0 Å². The van der Waals surface area contributed by atoms with Crippen molar-refractivity contribution >= 4 is 28.2 Å². The summed E-state index contributed by atoms with van der Waals surface area (Å²) in [5.41, 5.74) is 7.56. The molecule has 62 valence electrons. The highest BCUT2D eigenvalue weighted by Crippen LogP contribution is 2.28. The Labute approximate surface area is 75.5 Å². The first-order valence-electron chi connectivity index (χ1n) is 3.69. The lowest BCUT2D eigenvalue weighted by atomic mass is 10.2. The van der Waals surface area contributed by atoms with E-state index >= 15 is 0 Å². The smallest absolute Gasteiger partial charge is 0.0643 e. The molecule has 1 heterocycles. The molecule has 1 aromatic carbocycles. The molecule has 2 nitrogen and oxygen atoms in total. The van der Waals surface area contributed by atoms with Gasteiger partial charge in [0.15, 0.2) is 0 Å². The number of aryl methyl sites for hydroxylation is 1. The Bertz CT molecular complexity index is 431. The summed E-state index contributed by atoms with van der Waals surface area (Å²) in [5, 5.41) is 1.64. The van der Waals surface area contributed by atoms with Crippen molar-refractivity contribution in [1.82, 2.24) is 4.57 Å². The number of nitrogens with zero attached hydrogens (tertiary/aromatic N) is 1. The molecule has 3 heteroatoms. The molecule has 0 amide bonds. The molecule has 0 radical (unpaired) electrons. The number of nitrogens with two attached hydrogens (primary N) is 1. The van der Waals surface area contributed by atoms with Crippen molar-refractivity contribution in [2.24, 2.45) is 7.05 Å². The van der Waals surface area contributed by atoms with E-state index in [1.807, 2.05) is 36.0 Å². The summed E-state index contributed by atoms with van der Waals surface area (Å²) in [7, 11) is 1.98. The number of fused-ring (bicyclic) bond motifs is 1. The van der Waals surface area contributed by atoms with Crippen LogP contribution in [0.4, 0.5) is 5.69 Å². The number of anilines is 1. The minimum Gasteiger partial charge on any atom is -0.397 e. The topological polar surface area (TPSA) is 30.9 Å². The Morgan fingerprint density at radius 2 is 2.08 bits per heavy atom. The Balaban J connectivity index is 2.93. The highest BCUT2D eigenvalue weighted by atomic mass is 35.5. The van der Waals surface area contributed by atoms with Crippen LogP contribution in [0, 0.1) is 0 Å². The molecule has 0 aliphatic heterocycles. The molecule has 0 unspecified atom stereocenters. The Kier molecular flexibility index (Phi) is 1.51. The molecule has 0 spiro atoms. The fraction of sp³-hybridized carbons (Fsp3) is 0.111. The van der Waals surface area contributed by atoms with Gasteiger partial charge in [-0.3, -0.25) is 0 Å². The SMILES string of the molecule is Cn1ccc2c(N)c(Cl)ccc21. The molecule has 1 aromatic heterocycles. The number of rotatable bonds is 0. The second-order valence-corrected chi connectivity index (χ2v) is 3.23. The largest absolute Gasteiger partial charge is 0.397 e. The van der Waals surface area contributed by atoms with E-state index in [9.17, 15) is 0 Å². The van der Waals surface area contributed by atoms with Crippen molar-refractivity contribution in [3.05, 3.63) is 29.4 Å². The molecule has 0 fully saturated rings. The van der Waals surface area contributed by atoms with E-state index in [2.05, 4.69) is 0 Å². The Hall–Kier alpha value is -1.15. The zero-order valence-corrected chi connectivity index (χ0v) is 7.47. The average Bonchev–Trinajstić information content (AvgIpc) is 2.41. The molecule has 2 N–H and O–H groups in total. The van der Waals surface area contributed by atoms with Crippen molar-refractivity contribution in [2.45, 2.75) is 0 Å². The quantitative estimate of drug-likeness (QED) is 0.621. The van der Waals surface area contributed by atoms with Gasteiger partial charge in [0.05, 0.1) is 10.7 Å². The minimum absolute atomic E-state index is 0.619. The summed E-state index contributed by atoms with van der Waals surface area (Å²) in [6.07, 6.45) is 1.97. The van der Waals surface area contributed by atoms with Crippen LogP contribution in [-0.4, -0.2) is 4.57 Å². The normalized spacial score (nSPS) is 10.8. The first-order chi connectivity index (χ1) is 5.70. The molecule has 0 aliphatic rings. The number of benzene rings is 1. The van der Waals surface area contributed by atoms with E-state index in [4.69, 9.17) is 17.3 Å². The maximum Gasteiger partial charge on any atom is 0.0643 e. The van der Waals surface area contributed by atoms with Crippen LogP contribution in [0.15, 0.2) is 24.4 Å². The van der Waals surface area contributed by atoms with Crippen LogP contribution in [-0.2, 0) is 7.05 Å². The number of halogens is 1. The molecule has 12 heavy (non-hydrogen) atoms. The van der Waals surface area contributed by atoms with Crippen LogP contribution in [0.25, 0.3) is 10.9 Å². The van der Waals surface area contributed by atoms with Crippen molar-refractivity contribution < 1.29 is 0 Å². The van der Waals surface area contributed by atoms with Crippen LogP contribution in [0.2, 0.25) is 5.02 Å². The van der Waals surface area contributed by atoms with Gasteiger partial charge in [-0.15, -0.1) is 0 Å². The zero-order valence-electron chi connectivity index (χ0n) is 6.71. The fourth-order valence-corrected chi connectivity index (χ4v) is 1.51. The van der Waals surface area contributed by atoms with Gasteiger partial charge in [-0.2, -0.15) is 0 Å². The summed E-state index contributed by atoms with van der Waals surface area (Å²) in [6, 6.07) is 5.75. The van der Waals surface area contributed by atoms with Gasteiger partial charge >= 0.3 is 0 Å². The first kappa shape index (κ1) is 7.50. The van der Waals surface area contributed by atoms with Gasteiger partial charge in [0.1, 0.15) is 0 Å². The van der Waals surface area contributed by atoms with Gasteiger partial charge in [-0.1, -0.05) is 11.6 Å².